The van der Waals surface area contributed by atoms with Gasteiger partial charge in [-0.15, -0.1) is 0 Å². The smallest absolute Gasteiger partial charge is 0.410 e. The third kappa shape index (κ3) is 6.78. The van der Waals surface area contributed by atoms with Crippen LogP contribution in [0.2, 0.25) is 0 Å². The Morgan fingerprint density at radius 2 is 1.68 bits per heavy atom. The fourth-order valence-corrected chi connectivity index (χ4v) is 4.99. The molecule has 9 nitrogen and oxygen atoms in total. The van der Waals surface area contributed by atoms with Crippen LogP contribution in [0.25, 0.3) is 0 Å². The van der Waals surface area contributed by atoms with Gasteiger partial charge in [-0.2, -0.15) is 0 Å². The van der Waals surface area contributed by atoms with Crippen molar-refractivity contribution >= 4 is 27.8 Å². The highest BCUT2D eigenvalue weighted by atomic mass is 32.2. The molecule has 1 saturated heterocycles. The minimum Gasteiger partial charge on any atom is -0.444 e. The molecule has 0 aliphatic carbocycles. The molecule has 3 rings (SSSR count). The highest BCUT2D eigenvalue weighted by molar-refractivity contribution is 7.92. The van der Waals surface area contributed by atoms with Crippen LogP contribution >= 0.6 is 0 Å². The molecule has 0 spiro atoms. The Labute approximate surface area is 200 Å². The molecule has 1 fully saturated rings. The summed E-state index contributed by atoms with van der Waals surface area (Å²) in [7, 11) is -3.62. The molecule has 34 heavy (non-hydrogen) atoms. The average Bonchev–Trinajstić information content (AvgIpc) is 2.78. The highest BCUT2D eigenvalue weighted by Gasteiger charge is 2.27. The molecule has 0 saturated carbocycles. The van der Waals surface area contributed by atoms with Gasteiger partial charge in [0.2, 0.25) is 16.0 Å². The van der Waals surface area contributed by atoms with Gasteiger partial charge in [0.25, 0.3) is 0 Å². The quantitative estimate of drug-likeness (QED) is 0.583. The number of halogens is 1. The number of hydrogen-bond donors (Lipinski definition) is 0. The zero-order valence-corrected chi connectivity index (χ0v) is 20.9. The van der Waals surface area contributed by atoms with Crippen molar-refractivity contribution in [2.24, 2.45) is 0 Å². The van der Waals surface area contributed by atoms with Gasteiger partial charge in [-0.05, 0) is 44.9 Å². The van der Waals surface area contributed by atoms with Crippen molar-refractivity contribution in [1.29, 1.82) is 0 Å². The molecule has 1 amide bonds. The number of carbonyl (C=O) groups excluding carboxylic acids is 1. The third-order valence-corrected chi connectivity index (χ3v) is 7.10. The molecule has 0 unspecified atom stereocenters. The van der Waals surface area contributed by atoms with Gasteiger partial charge >= 0.3 is 6.09 Å². The maximum atomic E-state index is 13.3. The number of nitrogens with zero attached hydrogens (tertiary/aromatic N) is 5. The first-order chi connectivity index (χ1) is 16.0. The molecular weight excluding hydrogens is 461 g/mol. The molecule has 1 aromatic carbocycles. The van der Waals surface area contributed by atoms with Crippen LogP contribution in [0, 0.1) is 5.82 Å². The topological polar surface area (TPSA) is 95.9 Å². The number of amides is 1. The number of anilines is 2. The van der Waals surface area contributed by atoms with Crippen LogP contribution in [-0.2, 0) is 21.3 Å². The second-order valence-electron chi connectivity index (χ2n) is 9.14. The second kappa shape index (κ2) is 10.5. The van der Waals surface area contributed by atoms with Crippen molar-refractivity contribution < 1.29 is 22.3 Å². The number of ether oxygens (including phenoxy) is 1. The van der Waals surface area contributed by atoms with Crippen molar-refractivity contribution in [2.75, 3.05) is 41.1 Å². The number of rotatable bonds is 7. The van der Waals surface area contributed by atoms with Crippen LogP contribution in [0.3, 0.4) is 0 Å². The van der Waals surface area contributed by atoms with Crippen LogP contribution in [0.5, 0.6) is 0 Å². The first-order valence-corrected chi connectivity index (χ1v) is 12.9. The number of benzene rings is 1. The summed E-state index contributed by atoms with van der Waals surface area (Å²) in [5.74, 6) is 0.0520. The molecule has 1 aliphatic heterocycles. The monoisotopic (exact) mass is 493 g/mol. The molecular formula is C23H32FN5O4S. The van der Waals surface area contributed by atoms with Crippen LogP contribution in [0.4, 0.5) is 20.8 Å². The Morgan fingerprint density at radius 3 is 2.21 bits per heavy atom. The van der Waals surface area contributed by atoms with Crippen LogP contribution < -0.4 is 9.21 Å². The molecule has 11 heteroatoms. The summed E-state index contributed by atoms with van der Waals surface area (Å²) in [6.45, 7) is 9.36. The summed E-state index contributed by atoms with van der Waals surface area (Å²) in [5.41, 5.74) is 0.447. The zero-order valence-electron chi connectivity index (χ0n) is 20.1. The standard InChI is InChI=1S/C23H32FN5O4S/c1-5-14-34(31,32)29(17-18-6-8-19(24)9-7-18)20-15-25-21(26-16-20)27-10-12-28(13-11-27)22(30)33-23(2,3)4/h6-9,15-16H,5,10-14,17H2,1-4H3. The molecule has 1 aliphatic rings. The molecule has 1 aromatic heterocycles. The lowest BCUT2D eigenvalue weighted by Crippen LogP contribution is -2.50. The number of hydrogen-bond acceptors (Lipinski definition) is 7. The average molecular weight is 494 g/mol. The fraction of sp³-hybridized carbons (Fsp3) is 0.522. The van der Waals surface area contributed by atoms with Crippen molar-refractivity contribution in [3.63, 3.8) is 0 Å². The Balaban J connectivity index is 1.71. The largest absolute Gasteiger partial charge is 0.444 e. The number of sulfonamides is 1. The number of piperazine rings is 1. The lowest BCUT2D eigenvalue weighted by Gasteiger charge is -2.35. The lowest BCUT2D eigenvalue weighted by molar-refractivity contribution is 0.0240. The SMILES string of the molecule is CCCS(=O)(=O)N(Cc1ccc(F)cc1)c1cnc(N2CCN(C(=O)OC(C)(C)C)CC2)nc1. The van der Waals surface area contributed by atoms with Gasteiger partial charge in [0.15, 0.2) is 0 Å². The maximum absolute atomic E-state index is 13.3. The van der Waals surface area contributed by atoms with E-state index in [2.05, 4.69) is 9.97 Å². The first-order valence-electron chi connectivity index (χ1n) is 11.3. The molecule has 186 valence electrons. The van der Waals surface area contributed by atoms with Gasteiger partial charge in [-0.1, -0.05) is 19.1 Å². The number of aromatic nitrogens is 2. The summed E-state index contributed by atoms with van der Waals surface area (Å²) >= 11 is 0. The van der Waals surface area contributed by atoms with Crippen LogP contribution in [-0.4, -0.2) is 66.9 Å². The van der Waals surface area contributed by atoms with Crippen molar-refractivity contribution in [3.05, 3.63) is 48.0 Å². The van der Waals surface area contributed by atoms with Crippen molar-refractivity contribution in [1.82, 2.24) is 14.9 Å². The molecule has 0 radical (unpaired) electrons. The molecule has 0 atom stereocenters. The first kappa shape index (κ1) is 25.7. The van der Waals surface area contributed by atoms with Crippen molar-refractivity contribution in [3.8, 4) is 0 Å². The fourth-order valence-electron chi connectivity index (χ4n) is 3.50. The Bertz CT molecular complexity index is 1060. The second-order valence-corrected chi connectivity index (χ2v) is 11.2. The van der Waals surface area contributed by atoms with Crippen LogP contribution in [0.1, 0.15) is 39.7 Å². The predicted octanol–water partition coefficient (Wildman–Crippen LogP) is 3.42. The third-order valence-electron chi connectivity index (χ3n) is 5.16. The van der Waals surface area contributed by atoms with E-state index < -0.39 is 15.6 Å². The summed E-state index contributed by atoms with van der Waals surface area (Å²) in [4.78, 5) is 24.6. The molecule has 2 heterocycles. The van der Waals surface area contributed by atoms with Gasteiger partial charge in [0, 0.05) is 26.2 Å². The summed E-state index contributed by atoms with van der Waals surface area (Å²) in [5, 5.41) is 0. The molecule has 0 bridgehead atoms. The Morgan fingerprint density at radius 1 is 1.09 bits per heavy atom. The Kier molecular flexibility index (Phi) is 7.96. The van der Waals surface area contributed by atoms with E-state index in [1.807, 2.05) is 25.7 Å². The summed E-state index contributed by atoms with van der Waals surface area (Å²) in [6, 6.07) is 5.72. The maximum Gasteiger partial charge on any atom is 0.410 e. The van der Waals surface area contributed by atoms with E-state index in [1.165, 1.54) is 28.8 Å². The van der Waals surface area contributed by atoms with Gasteiger partial charge < -0.3 is 14.5 Å². The minimum absolute atomic E-state index is 0.0252. The highest BCUT2D eigenvalue weighted by Crippen LogP contribution is 2.23. The minimum atomic E-state index is -3.62. The van der Waals surface area contributed by atoms with E-state index in [0.717, 1.165) is 0 Å². The van der Waals surface area contributed by atoms with E-state index in [-0.39, 0.29) is 24.2 Å². The predicted molar refractivity (Wildman–Crippen MR) is 129 cm³/mol. The van der Waals surface area contributed by atoms with Gasteiger partial charge in [-0.3, -0.25) is 4.31 Å². The van der Waals surface area contributed by atoms with Gasteiger partial charge in [0.1, 0.15) is 11.4 Å². The van der Waals surface area contributed by atoms with E-state index >= 15 is 0 Å². The molecule has 0 N–H and O–H groups in total. The summed E-state index contributed by atoms with van der Waals surface area (Å²) < 4.78 is 45.8. The van der Waals surface area contributed by atoms with E-state index in [4.69, 9.17) is 4.74 Å². The molecule has 2 aromatic rings. The lowest BCUT2D eigenvalue weighted by atomic mass is 10.2. The van der Waals surface area contributed by atoms with E-state index in [9.17, 15) is 17.6 Å². The van der Waals surface area contributed by atoms with Crippen molar-refractivity contribution in [2.45, 2.75) is 46.3 Å². The normalized spacial score (nSPS) is 14.7. The van der Waals surface area contributed by atoms with Crippen LogP contribution in [0.15, 0.2) is 36.7 Å². The number of carbonyl (C=O) groups is 1. The Hall–Kier alpha value is -2.95. The van der Waals surface area contributed by atoms with Gasteiger partial charge in [-0.25, -0.2) is 27.6 Å². The summed E-state index contributed by atoms with van der Waals surface area (Å²) in [6.07, 6.45) is 3.09. The zero-order chi connectivity index (χ0) is 24.9. The van der Waals surface area contributed by atoms with Gasteiger partial charge in [0.05, 0.1) is 30.4 Å². The van der Waals surface area contributed by atoms with E-state index in [0.29, 0.717) is 49.8 Å². The van der Waals surface area contributed by atoms with E-state index in [1.54, 1.807) is 24.0 Å².